The molecule has 2 heterocycles. The van der Waals surface area contributed by atoms with Crippen molar-refractivity contribution in [3.05, 3.63) is 44.9 Å². The first-order valence-corrected chi connectivity index (χ1v) is 9.08. The van der Waals surface area contributed by atoms with E-state index in [1.54, 1.807) is 13.0 Å². The Balaban J connectivity index is 2.35. The third-order valence-corrected chi connectivity index (χ3v) is 4.82. The molecule has 0 aromatic carbocycles. The fourth-order valence-corrected chi connectivity index (χ4v) is 3.36. The minimum absolute atomic E-state index is 0.0426. The van der Waals surface area contributed by atoms with Gasteiger partial charge in [0, 0.05) is 20.1 Å². The lowest BCUT2D eigenvalue weighted by Crippen LogP contribution is -2.42. The molecular formula is C16H22N6O3S. The first-order chi connectivity index (χ1) is 12.3. The van der Waals surface area contributed by atoms with Gasteiger partial charge in [-0.1, -0.05) is 24.8 Å². The van der Waals surface area contributed by atoms with Gasteiger partial charge in [0.1, 0.15) is 17.2 Å². The minimum Gasteiger partial charge on any atom is -0.384 e. The molecule has 0 radical (unpaired) electrons. The molecule has 0 aliphatic heterocycles. The van der Waals surface area contributed by atoms with Crippen molar-refractivity contribution in [1.82, 2.24) is 23.9 Å². The third kappa shape index (κ3) is 3.64. The molecule has 0 aliphatic carbocycles. The molecule has 2 aromatic rings. The molecule has 0 unspecified atom stereocenters. The fraction of sp³-hybridized carbons (Fsp3) is 0.438. The molecule has 10 heteroatoms. The maximum atomic E-state index is 12.6. The number of thioether (sulfide) groups is 1. The molecular weight excluding hydrogens is 356 g/mol. The van der Waals surface area contributed by atoms with Crippen molar-refractivity contribution in [2.45, 2.75) is 38.5 Å². The van der Waals surface area contributed by atoms with Gasteiger partial charge in [0.05, 0.1) is 5.75 Å². The molecule has 9 nitrogen and oxygen atoms in total. The Hall–Kier alpha value is -2.62. The summed E-state index contributed by atoms with van der Waals surface area (Å²) in [5, 5.41) is 8.56. The van der Waals surface area contributed by atoms with Gasteiger partial charge in [0.2, 0.25) is 0 Å². The van der Waals surface area contributed by atoms with E-state index in [1.165, 1.54) is 11.6 Å². The minimum atomic E-state index is -0.686. The van der Waals surface area contributed by atoms with Crippen LogP contribution in [0, 0.1) is 6.92 Å². The second kappa shape index (κ2) is 8.17. The number of nitrogen functional groups attached to an aromatic ring is 1. The number of hydrogen-bond acceptors (Lipinski definition) is 7. The van der Waals surface area contributed by atoms with Gasteiger partial charge in [-0.25, -0.2) is 4.79 Å². The highest BCUT2D eigenvalue weighted by Crippen LogP contribution is 2.19. The van der Waals surface area contributed by atoms with Gasteiger partial charge in [0.15, 0.2) is 10.9 Å². The zero-order valence-corrected chi connectivity index (χ0v) is 15.9. The van der Waals surface area contributed by atoms with Crippen LogP contribution in [0.1, 0.15) is 29.5 Å². The van der Waals surface area contributed by atoms with Crippen LogP contribution in [-0.4, -0.2) is 35.4 Å². The first-order valence-electron chi connectivity index (χ1n) is 8.09. The molecule has 0 spiro atoms. The number of aryl methyl sites for hydroxylation is 1. The normalized spacial score (nSPS) is 10.9. The number of aromatic nitrogens is 5. The van der Waals surface area contributed by atoms with Crippen LogP contribution in [0.2, 0.25) is 0 Å². The first kappa shape index (κ1) is 19.7. The SMILES string of the molecule is C=CCn1c(C)nnc1SCC(=O)c1c(N)n(CCC)c(=O)n(C)c1=O. The summed E-state index contributed by atoms with van der Waals surface area (Å²) < 4.78 is 3.97. The topological polar surface area (TPSA) is 118 Å². The molecule has 0 bridgehead atoms. The highest BCUT2D eigenvalue weighted by molar-refractivity contribution is 7.99. The van der Waals surface area contributed by atoms with Crippen LogP contribution in [0.3, 0.4) is 0 Å². The van der Waals surface area contributed by atoms with Crippen LogP contribution in [0.25, 0.3) is 0 Å². The Labute approximate surface area is 154 Å². The predicted octanol–water partition coefficient (Wildman–Crippen LogP) is 0.600. The molecule has 2 rings (SSSR count). The van der Waals surface area contributed by atoms with E-state index in [1.807, 2.05) is 11.5 Å². The fourth-order valence-electron chi connectivity index (χ4n) is 2.49. The van der Waals surface area contributed by atoms with Crippen molar-refractivity contribution in [2.75, 3.05) is 11.5 Å². The van der Waals surface area contributed by atoms with Gasteiger partial charge in [-0.2, -0.15) is 0 Å². The van der Waals surface area contributed by atoms with Crippen LogP contribution in [0.4, 0.5) is 5.82 Å². The predicted molar refractivity (Wildman–Crippen MR) is 101 cm³/mol. The summed E-state index contributed by atoms with van der Waals surface area (Å²) in [5.41, 5.74) is 4.58. The Morgan fingerprint density at radius 3 is 2.62 bits per heavy atom. The number of Topliss-reactive ketones (excluding diaryl/α,β-unsaturated/α-hetero) is 1. The number of allylic oxidation sites excluding steroid dienone is 1. The second-order valence-corrected chi connectivity index (χ2v) is 6.64. The lowest BCUT2D eigenvalue weighted by atomic mass is 10.2. The Morgan fingerprint density at radius 2 is 2.00 bits per heavy atom. The van der Waals surface area contributed by atoms with Crippen LogP contribution in [0.5, 0.6) is 0 Å². The second-order valence-electron chi connectivity index (χ2n) is 5.70. The number of anilines is 1. The van der Waals surface area contributed by atoms with Crippen molar-refractivity contribution in [3.63, 3.8) is 0 Å². The van der Waals surface area contributed by atoms with Gasteiger partial charge in [-0.3, -0.25) is 18.7 Å². The van der Waals surface area contributed by atoms with Gasteiger partial charge >= 0.3 is 5.69 Å². The van der Waals surface area contributed by atoms with Gasteiger partial charge in [-0.05, 0) is 13.3 Å². The van der Waals surface area contributed by atoms with E-state index >= 15 is 0 Å². The average molecular weight is 378 g/mol. The molecule has 2 aromatic heterocycles. The molecule has 0 amide bonds. The van der Waals surface area contributed by atoms with Crippen molar-refractivity contribution in [3.8, 4) is 0 Å². The van der Waals surface area contributed by atoms with Crippen molar-refractivity contribution in [2.24, 2.45) is 7.05 Å². The van der Waals surface area contributed by atoms with E-state index in [-0.39, 0.29) is 17.1 Å². The lowest BCUT2D eigenvalue weighted by molar-refractivity contribution is 0.102. The molecule has 0 saturated heterocycles. The number of hydrogen-bond donors (Lipinski definition) is 1. The van der Waals surface area contributed by atoms with E-state index in [4.69, 9.17) is 5.73 Å². The summed E-state index contributed by atoms with van der Waals surface area (Å²) in [5.74, 6) is 0.115. The van der Waals surface area contributed by atoms with Crippen molar-refractivity contribution in [1.29, 1.82) is 0 Å². The van der Waals surface area contributed by atoms with E-state index in [2.05, 4.69) is 16.8 Å². The number of ketones is 1. The lowest BCUT2D eigenvalue weighted by Gasteiger charge is -2.13. The van der Waals surface area contributed by atoms with E-state index in [0.717, 1.165) is 16.3 Å². The van der Waals surface area contributed by atoms with Gasteiger partial charge in [-0.15, -0.1) is 16.8 Å². The molecule has 0 aliphatic rings. The number of carbonyl (C=O) groups is 1. The van der Waals surface area contributed by atoms with Gasteiger partial charge in [0.25, 0.3) is 5.56 Å². The largest absolute Gasteiger partial charge is 0.384 e. The maximum absolute atomic E-state index is 12.6. The monoisotopic (exact) mass is 378 g/mol. The molecule has 2 N–H and O–H groups in total. The Kier molecular flexibility index (Phi) is 6.19. The van der Waals surface area contributed by atoms with Gasteiger partial charge < -0.3 is 10.3 Å². The van der Waals surface area contributed by atoms with Crippen LogP contribution < -0.4 is 17.0 Å². The Morgan fingerprint density at radius 1 is 1.31 bits per heavy atom. The molecule has 26 heavy (non-hydrogen) atoms. The van der Waals surface area contributed by atoms with Crippen LogP contribution >= 0.6 is 11.8 Å². The van der Waals surface area contributed by atoms with E-state index in [0.29, 0.717) is 30.5 Å². The smallest absolute Gasteiger partial charge is 0.332 e. The standard InChI is InChI=1S/C16H22N6O3S/c1-5-7-21-10(3)18-19-15(21)26-9-11(23)12-13(17)22(8-6-2)16(25)20(4)14(12)24/h5H,1,6-9,17H2,2-4H3. The van der Waals surface area contributed by atoms with Crippen molar-refractivity contribution >= 4 is 23.4 Å². The number of carbonyl (C=O) groups excluding carboxylic acids is 1. The summed E-state index contributed by atoms with van der Waals surface area (Å²) in [6.07, 6.45) is 2.35. The van der Waals surface area contributed by atoms with E-state index in [9.17, 15) is 14.4 Å². The quantitative estimate of drug-likeness (QED) is 0.406. The number of nitrogens with zero attached hydrogens (tertiary/aromatic N) is 5. The summed E-state index contributed by atoms with van der Waals surface area (Å²) >= 11 is 1.16. The summed E-state index contributed by atoms with van der Waals surface area (Å²) in [6.45, 7) is 8.21. The zero-order chi connectivity index (χ0) is 19.4. The number of nitrogens with two attached hydrogens (primary N) is 1. The van der Waals surface area contributed by atoms with Crippen LogP contribution in [-0.2, 0) is 20.1 Å². The summed E-state index contributed by atoms with van der Waals surface area (Å²) in [6, 6.07) is 0. The van der Waals surface area contributed by atoms with Crippen LogP contribution in [0.15, 0.2) is 27.4 Å². The average Bonchev–Trinajstić information content (AvgIpc) is 2.96. The summed E-state index contributed by atoms with van der Waals surface area (Å²) in [7, 11) is 1.34. The number of rotatable bonds is 8. The van der Waals surface area contributed by atoms with E-state index < -0.39 is 17.0 Å². The summed E-state index contributed by atoms with van der Waals surface area (Å²) in [4.78, 5) is 37.2. The molecule has 0 saturated carbocycles. The van der Waals surface area contributed by atoms with Crippen molar-refractivity contribution < 1.29 is 4.79 Å². The third-order valence-electron chi connectivity index (χ3n) is 3.86. The zero-order valence-electron chi connectivity index (χ0n) is 15.1. The Bertz CT molecular complexity index is 956. The molecule has 140 valence electrons. The highest BCUT2D eigenvalue weighted by atomic mass is 32.2. The highest BCUT2D eigenvalue weighted by Gasteiger charge is 2.22. The maximum Gasteiger partial charge on any atom is 0.332 e. The molecule has 0 fully saturated rings. The molecule has 0 atom stereocenters.